The highest BCUT2D eigenvalue weighted by molar-refractivity contribution is 5.84. The van der Waals surface area contributed by atoms with Crippen LogP contribution >= 0.6 is 0 Å². The van der Waals surface area contributed by atoms with E-state index in [1.165, 1.54) is 19.3 Å². The third-order valence-electron chi connectivity index (χ3n) is 6.24. The molecule has 130 valence electrons. The molecule has 0 saturated heterocycles. The fourth-order valence-corrected chi connectivity index (χ4v) is 5.72. The molecule has 23 heavy (non-hydrogen) atoms. The molecule has 0 aromatic carbocycles. The second kappa shape index (κ2) is 6.45. The molecule has 4 bridgehead atoms. The first-order valence-electron chi connectivity index (χ1n) is 9.40. The van der Waals surface area contributed by atoms with Gasteiger partial charge >= 0.3 is 5.97 Å². The van der Waals surface area contributed by atoms with Crippen LogP contribution in [0.15, 0.2) is 0 Å². The quantitative estimate of drug-likeness (QED) is 0.705. The number of amides is 1. The maximum Gasteiger partial charge on any atom is 0.307 e. The standard InChI is InChI=1S/C19H31NO3/c1-4-23-17(21)5-6-20(13(2)3)18(22)19-10-14-7-15(11-19)9-16(8-14)12-19/h13-16H,4-12H2,1-3H3. The lowest BCUT2D eigenvalue weighted by Gasteiger charge is -2.57. The highest BCUT2D eigenvalue weighted by atomic mass is 16.5. The van der Waals surface area contributed by atoms with Gasteiger partial charge in [-0.15, -0.1) is 0 Å². The van der Waals surface area contributed by atoms with Crippen LogP contribution in [0.4, 0.5) is 0 Å². The topological polar surface area (TPSA) is 46.6 Å². The van der Waals surface area contributed by atoms with Crippen molar-refractivity contribution in [3.63, 3.8) is 0 Å². The molecule has 4 nitrogen and oxygen atoms in total. The number of hydrogen-bond donors (Lipinski definition) is 0. The average Bonchev–Trinajstić information content (AvgIpc) is 2.45. The van der Waals surface area contributed by atoms with E-state index in [1.54, 1.807) is 0 Å². The summed E-state index contributed by atoms with van der Waals surface area (Å²) < 4.78 is 5.02. The summed E-state index contributed by atoms with van der Waals surface area (Å²) in [6, 6.07) is 0.143. The first-order chi connectivity index (χ1) is 10.9. The molecule has 4 aliphatic rings. The molecule has 0 aromatic rings. The lowest BCUT2D eigenvalue weighted by Crippen LogP contribution is -2.56. The molecule has 4 saturated carbocycles. The maximum absolute atomic E-state index is 13.4. The number of carbonyl (C=O) groups excluding carboxylic acids is 2. The van der Waals surface area contributed by atoms with Crippen LogP contribution in [0.25, 0.3) is 0 Å². The van der Waals surface area contributed by atoms with Gasteiger partial charge in [0.15, 0.2) is 0 Å². The molecule has 0 spiro atoms. The van der Waals surface area contributed by atoms with E-state index in [1.807, 2.05) is 11.8 Å². The second-order valence-corrected chi connectivity index (χ2v) is 8.35. The van der Waals surface area contributed by atoms with Crippen LogP contribution in [0.3, 0.4) is 0 Å². The van der Waals surface area contributed by atoms with Gasteiger partial charge in [0.05, 0.1) is 18.4 Å². The monoisotopic (exact) mass is 321 g/mol. The van der Waals surface area contributed by atoms with E-state index < -0.39 is 0 Å². The van der Waals surface area contributed by atoms with Gasteiger partial charge in [0, 0.05) is 12.6 Å². The summed E-state index contributed by atoms with van der Waals surface area (Å²) in [4.78, 5) is 27.0. The predicted octanol–water partition coefficient (Wildman–Crippen LogP) is 3.39. The summed E-state index contributed by atoms with van der Waals surface area (Å²) in [6.07, 6.45) is 7.59. The normalized spacial score (nSPS) is 34.7. The van der Waals surface area contributed by atoms with E-state index in [9.17, 15) is 9.59 Å². The van der Waals surface area contributed by atoms with Gasteiger partial charge in [0.1, 0.15) is 0 Å². The highest BCUT2D eigenvalue weighted by Gasteiger charge is 2.55. The van der Waals surface area contributed by atoms with Crippen LogP contribution in [0.5, 0.6) is 0 Å². The van der Waals surface area contributed by atoms with Crippen molar-refractivity contribution in [1.82, 2.24) is 4.90 Å². The van der Waals surface area contributed by atoms with Gasteiger partial charge in [-0.05, 0) is 77.0 Å². The Morgan fingerprint density at radius 2 is 1.61 bits per heavy atom. The van der Waals surface area contributed by atoms with E-state index in [4.69, 9.17) is 4.74 Å². The van der Waals surface area contributed by atoms with Crippen molar-refractivity contribution in [3.8, 4) is 0 Å². The number of hydrogen-bond acceptors (Lipinski definition) is 3. The van der Waals surface area contributed by atoms with Crippen molar-refractivity contribution in [2.75, 3.05) is 13.2 Å². The maximum atomic E-state index is 13.4. The van der Waals surface area contributed by atoms with Crippen molar-refractivity contribution in [1.29, 1.82) is 0 Å². The van der Waals surface area contributed by atoms with Crippen molar-refractivity contribution in [2.24, 2.45) is 23.2 Å². The first-order valence-corrected chi connectivity index (χ1v) is 9.40. The average molecular weight is 321 g/mol. The Bertz CT molecular complexity index is 436. The van der Waals surface area contributed by atoms with E-state index in [2.05, 4.69) is 13.8 Å². The largest absolute Gasteiger partial charge is 0.466 e. The zero-order chi connectivity index (χ0) is 16.6. The molecule has 1 amide bonds. The van der Waals surface area contributed by atoms with Crippen molar-refractivity contribution in [2.45, 2.75) is 71.8 Å². The molecule has 0 aromatic heterocycles. The summed E-state index contributed by atoms with van der Waals surface area (Å²) in [6.45, 7) is 6.84. The Hall–Kier alpha value is -1.06. The minimum atomic E-state index is -0.198. The Kier molecular flexibility index (Phi) is 4.70. The lowest BCUT2D eigenvalue weighted by molar-refractivity contribution is -0.160. The number of nitrogens with zero attached hydrogens (tertiary/aromatic N) is 1. The fourth-order valence-electron chi connectivity index (χ4n) is 5.72. The number of rotatable bonds is 6. The van der Waals surface area contributed by atoms with Gasteiger partial charge < -0.3 is 9.64 Å². The minimum absolute atomic E-state index is 0.117. The minimum Gasteiger partial charge on any atom is -0.466 e. The van der Waals surface area contributed by atoms with E-state index in [-0.39, 0.29) is 17.4 Å². The van der Waals surface area contributed by atoms with Gasteiger partial charge in [-0.25, -0.2) is 0 Å². The molecule has 4 rings (SSSR count). The SMILES string of the molecule is CCOC(=O)CCN(C(=O)C12CC3CC(CC(C3)C1)C2)C(C)C. The molecule has 0 atom stereocenters. The fraction of sp³-hybridized carbons (Fsp3) is 0.895. The molecule has 4 aliphatic carbocycles. The van der Waals surface area contributed by atoms with Crippen molar-refractivity contribution < 1.29 is 14.3 Å². The Morgan fingerprint density at radius 1 is 1.09 bits per heavy atom. The zero-order valence-electron chi connectivity index (χ0n) is 14.8. The third kappa shape index (κ3) is 3.27. The van der Waals surface area contributed by atoms with E-state index >= 15 is 0 Å². The summed E-state index contributed by atoms with van der Waals surface area (Å²) in [5.41, 5.74) is -0.117. The zero-order valence-corrected chi connectivity index (χ0v) is 14.8. The van der Waals surface area contributed by atoms with Gasteiger partial charge in [0.25, 0.3) is 0 Å². The number of ether oxygens (including phenoxy) is 1. The summed E-state index contributed by atoms with van der Waals surface area (Å²) in [7, 11) is 0. The second-order valence-electron chi connectivity index (χ2n) is 8.35. The summed E-state index contributed by atoms with van der Waals surface area (Å²) in [5.74, 6) is 2.42. The molecule has 4 heteroatoms. The summed E-state index contributed by atoms with van der Waals surface area (Å²) in [5, 5.41) is 0. The van der Waals surface area contributed by atoms with E-state index in [0.29, 0.717) is 25.5 Å². The molecule has 0 N–H and O–H groups in total. The van der Waals surface area contributed by atoms with Crippen molar-refractivity contribution >= 4 is 11.9 Å². The molecule has 0 heterocycles. The summed E-state index contributed by atoms with van der Waals surface area (Å²) >= 11 is 0. The van der Waals surface area contributed by atoms with Gasteiger partial charge in [-0.3, -0.25) is 9.59 Å². The Morgan fingerprint density at radius 3 is 2.04 bits per heavy atom. The molecular formula is C19H31NO3. The van der Waals surface area contributed by atoms with Gasteiger partial charge in [0.2, 0.25) is 5.91 Å². The Balaban J connectivity index is 1.70. The van der Waals surface area contributed by atoms with Crippen molar-refractivity contribution in [3.05, 3.63) is 0 Å². The van der Waals surface area contributed by atoms with Gasteiger partial charge in [-0.2, -0.15) is 0 Å². The van der Waals surface area contributed by atoms with Crippen LogP contribution in [-0.4, -0.2) is 36.0 Å². The molecular weight excluding hydrogens is 290 g/mol. The number of esters is 1. The van der Waals surface area contributed by atoms with Crippen LogP contribution in [0.1, 0.15) is 65.7 Å². The highest BCUT2D eigenvalue weighted by Crippen LogP contribution is 2.60. The molecule has 0 aliphatic heterocycles. The van der Waals surface area contributed by atoms with E-state index in [0.717, 1.165) is 37.0 Å². The number of carbonyl (C=O) groups is 2. The predicted molar refractivity (Wildman–Crippen MR) is 88.7 cm³/mol. The van der Waals surface area contributed by atoms with Crippen LogP contribution in [-0.2, 0) is 14.3 Å². The lowest BCUT2D eigenvalue weighted by atomic mass is 9.49. The molecule has 0 radical (unpaired) electrons. The molecule has 0 unspecified atom stereocenters. The van der Waals surface area contributed by atoms with Crippen LogP contribution in [0.2, 0.25) is 0 Å². The van der Waals surface area contributed by atoms with Gasteiger partial charge in [-0.1, -0.05) is 0 Å². The Labute approximate surface area is 139 Å². The molecule has 4 fully saturated rings. The van der Waals surface area contributed by atoms with Crippen LogP contribution < -0.4 is 0 Å². The third-order valence-corrected chi connectivity index (χ3v) is 6.24. The smallest absolute Gasteiger partial charge is 0.307 e. The first kappa shape index (κ1) is 16.8. The van der Waals surface area contributed by atoms with Crippen LogP contribution in [0, 0.1) is 23.2 Å².